The van der Waals surface area contributed by atoms with Crippen LogP contribution in [0, 0.1) is 0 Å². The van der Waals surface area contributed by atoms with Crippen LogP contribution in [-0.4, -0.2) is 38.1 Å². The number of imidazole rings is 1. The highest BCUT2D eigenvalue weighted by molar-refractivity contribution is 7.99. The maximum atomic E-state index is 12.2. The molecule has 120 valence electrons. The van der Waals surface area contributed by atoms with Gasteiger partial charge in [-0.15, -0.1) is 0 Å². The Labute approximate surface area is 132 Å². The Kier molecular flexibility index (Phi) is 5.25. The van der Waals surface area contributed by atoms with E-state index >= 15 is 0 Å². The fraction of sp³-hybridized carbons (Fsp3) is 0.500. The molecule has 0 unspecified atom stereocenters. The molecular formula is C14H20N4O3S. The fourth-order valence-corrected chi connectivity index (χ4v) is 2.92. The summed E-state index contributed by atoms with van der Waals surface area (Å²) in [4.78, 5) is 30.6. The van der Waals surface area contributed by atoms with Crippen LogP contribution >= 0.6 is 11.8 Å². The monoisotopic (exact) mass is 324 g/mol. The highest BCUT2D eigenvalue weighted by atomic mass is 32.2. The molecule has 0 spiro atoms. The fourth-order valence-electron chi connectivity index (χ4n) is 2.08. The first-order chi connectivity index (χ1) is 10.5. The largest absolute Gasteiger partial charge is 0.381 e. The first-order valence-electron chi connectivity index (χ1n) is 7.00. The number of nitrogens with zero attached hydrogens (tertiary/aromatic N) is 3. The van der Waals surface area contributed by atoms with Crippen molar-refractivity contribution in [2.24, 2.45) is 7.05 Å². The van der Waals surface area contributed by atoms with Crippen LogP contribution in [0.3, 0.4) is 0 Å². The summed E-state index contributed by atoms with van der Waals surface area (Å²) in [6, 6.07) is 0. The lowest BCUT2D eigenvalue weighted by atomic mass is 10.3. The smallest absolute Gasteiger partial charge is 0.329 e. The molecule has 0 atom stereocenters. The van der Waals surface area contributed by atoms with Crippen LogP contribution in [0.1, 0.15) is 13.8 Å². The average Bonchev–Trinajstić information content (AvgIpc) is 2.80. The Morgan fingerprint density at radius 1 is 1.45 bits per heavy atom. The molecule has 1 N–H and O–H groups in total. The Morgan fingerprint density at radius 2 is 2.18 bits per heavy atom. The predicted molar refractivity (Wildman–Crippen MR) is 87.6 cm³/mol. The lowest BCUT2D eigenvalue weighted by molar-refractivity contribution is 0.164. The summed E-state index contributed by atoms with van der Waals surface area (Å²) in [6.07, 6.45) is 0. The molecule has 2 aromatic rings. The zero-order valence-corrected chi connectivity index (χ0v) is 13.8. The van der Waals surface area contributed by atoms with Gasteiger partial charge < -0.3 is 9.30 Å². The normalized spacial score (nSPS) is 11.2. The number of allylic oxidation sites excluding steroid dienone is 1. The molecule has 8 heteroatoms. The number of fused-ring (bicyclic) bond motifs is 1. The quantitative estimate of drug-likeness (QED) is 0.469. The first-order valence-corrected chi connectivity index (χ1v) is 7.98. The number of hydrogen-bond acceptors (Lipinski definition) is 5. The van der Waals surface area contributed by atoms with Crippen molar-refractivity contribution in [3.8, 4) is 0 Å². The van der Waals surface area contributed by atoms with Crippen LogP contribution < -0.4 is 11.2 Å². The van der Waals surface area contributed by atoms with Crippen molar-refractivity contribution in [1.29, 1.82) is 0 Å². The van der Waals surface area contributed by atoms with Gasteiger partial charge in [0, 0.05) is 26.0 Å². The Hall–Kier alpha value is -1.80. The average molecular weight is 324 g/mol. The molecule has 0 aliphatic carbocycles. The Morgan fingerprint density at radius 3 is 2.82 bits per heavy atom. The number of aromatic nitrogens is 4. The highest BCUT2D eigenvalue weighted by Crippen LogP contribution is 2.22. The van der Waals surface area contributed by atoms with Gasteiger partial charge in [-0.05, 0) is 13.8 Å². The van der Waals surface area contributed by atoms with Crippen molar-refractivity contribution >= 4 is 22.9 Å². The zero-order valence-electron chi connectivity index (χ0n) is 13.0. The summed E-state index contributed by atoms with van der Waals surface area (Å²) in [6.45, 7) is 9.47. The minimum Gasteiger partial charge on any atom is -0.381 e. The second-order valence-electron chi connectivity index (χ2n) is 4.97. The number of hydrogen-bond donors (Lipinski definition) is 1. The molecule has 2 aromatic heterocycles. The molecule has 0 aliphatic rings. The van der Waals surface area contributed by atoms with Crippen LogP contribution in [0.15, 0.2) is 26.9 Å². The number of aromatic amines is 1. The second-order valence-corrected chi connectivity index (χ2v) is 6.04. The third-order valence-corrected chi connectivity index (χ3v) is 4.00. The molecule has 2 rings (SSSR count). The van der Waals surface area contributed by atoms with Crippen LogP contribution in [0.5, 0.6) is 0 Å². The van der Waals surface area contributed by atoms with Crippen molar-refractivity contribution in [2.45, 2.75) is 25.5 Å². The van der Waals surface area contributed by atoms with E-state index in [-0.39, 0.29) is 0 Å². The predicted octanol–water partition coefficient (Wildman–Crippen LogP) is 1.13. The second kappa shape index (κ2) is 6.97. The molecule has 2 heterocycles. The molecule has 0 aromatic carbocycles. The molecule has 22 heavy (non-hydrogen) atoms. The molecule has 0 amide bonds. The molecular weight excluding hydrogens is 304 g/mol. The van der Waals surface area contributed by atoms with Crippen LogP contribution in [0.4, 0.5) is 0 Å². The van der Waals surface area contributed by atoms with E-state index in [1.165, 1.54) is 16.3 Å². The van der Waals surface area contributed by atoms with Crippen molar-refractivity contribution < 1.29 is 4.74 Å². The maximum absolute atomic E-state index is 12.2. The summed E-state index contributed by atoms with van der Waals surface area (Å²) >= 11 is 1.50. The first kappa shape index (κ1) is 16.6. The van der Waals surface area contributed by atoms with Crippen LogP contribution in [0.25, 0.3) is 11.2 Å². The number of ether oxygens (including phenoxy) is 1. The Balaban J connectivity index is 2.52. The van der Waals surface area contributed by atoms with Gasteiger partial charge in [-0.1, -0.05) is 23.9 Å². The lowest BCUT2D eigenvalue weighted by Gasteiger charge is -2.08. The topological polar surface area (TPSA) is 81.9 Å². The molecule has 0 saturated heterocycles. The summed E-state index contributed by atoms with van der Waals surface area (Å²) in [7, 11) is 1.59. The van der Waals surface area contributed by atoms with Crippen molar-refractivity contribution in [3.63, 3.8) is 0 Å². The van der Waals surface area contributed by atoms with Crippen molar-refractivity contribution in [1.82, 2.24) is 19.1 Å². The standard InChI is InChI=1S/C14H20N4O3S/c1-5-21-6-7-22-14-15-11-10(18(14)8-9(2)3)12(19)16-13(20)17(11)4/h2,5-8H2,1,3-4H3,(H,16,19,20). The van der Waals surface area contributed by atoms with Gasteiger partial charge in [0.1, 0.15) is 0 Å². The van der Waals surface area contributed by atoms with Crippen LogP contribution in [-0.2, 0) is 18.3 Å². The summed E-state index contributed by atoms with van der Waals surface area (Å²) in [5.41, 5.74) is 0.781. The van der Waals surface area contributed by atoms with E-state index < -0.39 is 11.2 Å². The zero-order chi connectivity index (χ0) is 16.3. The van der Waals surface area contributed by atoms with Gasteiger partial charge in [0.15, 0.2) is 16.3 Å². The van der Waals surface area contributed by atoms with Crippen molar-refractivity contribution in [3.05, 3.63) is 33.0 Å². The van der Waals surface area contributed by atoms with Crippen LogP contribution in [0.2, 0.25) is 0 Å². The van der Waals surface area contributed by atoms with Gasteiger partial charge in [-0.25, -0.2) is 9.78 Å². The van der Waals surface area contributed by atoms with Gasteiger partial charge >= 0.3 is 5.69 Å². The number of nitrogens with one attached hydrogen (secondary N) is 1. The molecule has 0 aliphatic heterocycles. The number of H-pyrrole nitrogens is 1. The summed E-state index contributed by atoms with van der Waals surface area (Å²) in [5, 5.41) is 0.685. The molecule has 7 nitrogen and oxygen atoms in total. The van der Waals surface area contributed by atoms with Gasteiger partial charge in [0.05, 0.1) is 6.61 Å². The van der Waals surface area contributed by atoms with Gasteiger partial charge in [-0.3, -0.25) is 14.3 Å². The van der Waals surface area contributed by atoms with Crippen molar-refractivity contribution in [2.75, 3.05) is 19.0 Å². The molecule has 0 fully saturated rings. The van der Waals surface area contributed by atoms with E-state index in [0.717, 1.165) is 11.3 Å². The van der Waals surface area contributed by atoms with E-state index in [2.05, 4.69) is 16.5 Å². The summed E-state index contributed by atoms with van der Waals surface area (Å²) in [5.74, 6) is 0.721. The molecule has 0 bridgehead atoms. The maximum Gasteiger partial charge on any atom is 0.329 e. The highest BCUT2D eigenvalue weighted by Gasteiger charge is 2.17. The van der Waals surface area contributed by atoms with Gasteiger partial charge in [0.2, 0.25) is 0 Å². The van der Waals surface area contributed by atoms with Gasteiger partial charge in [-0.2, -0.15) is 0 Å². The Bertz CT molecular complexity index is 803. The minimum atomic E-state index is -0.469. The van der Waals surface area contributed by atoms with E-state index in [4.69, 9.17) is 4.74 Å². The third kappa shape index (κ3) is 3.33. The molecule has 0 radical (unpaired) electrons. The number of rotatable bonds is 7. The number of aryl methyl sites for hydroxylation is 1. The third-order valence-electron chi connectivity index (χ3n) is 3.06. The summed E-state index contributed by atoms with van der Waals surface area (Å²) < 4.78 is 8.46. The minimum absolute atomic E-state index is 0.383. The lowest BCUT2D eigenvalue weighted by Crippen LogP contribution is -2.29. The van der Waals surface area contributed by atoms with Gasteiger partial charge in [0.25, 0.3) is 5.56 Å². The number of thioether (sulfide) groups is 1. The SMILES string of the molecule is C=C(C)Cn1c(SCCOCC)nc2c1c(=O)[nH]c(=O)n2C. The molecule has 0 saturated carbocycles. The van der Waals surface area contributed by atoms with E-state index in [1.807, 2.05) is 13.8 Å². The van der Waals surface area contributed by atoms with E-state index in [0.29, 0.717) is 36.1 Å². The van der Waals surface area contributed by atoms with E-state index in [9.17, 15) is 9.59 Å². The van der Waals surface area contributed by atoms with E-state index in [1.54, 1.807) is 11.6 Å².